The minimum Gasteiger partial charge on any atom is -0.486 e. The smallest absolute Gasteiger partial charge is 0.309 e. The number of ether oxygens (including phenoxy) is 2. The number of hydrogen-bond donors (Lipinski definition) is 0. The van der Waals surface area contributed by atoms with Gasteiger partial charge in [0.2, 0.25) is 0 Å². The summed E-state index contributed by atoms with van der Waals surface area (Å²) < 4.78 is 41.0. The molecule has 2 aromatic rings. The molecule has 0 unspecified atom stereocenters. The summed E-state index contributed by atoms with van der Waals surface area (Å²) in [5.41, 5.74) is 0.797. The molecule has 4 rings (SSSR count). The van der Waals surface area contributed by atoms with Gasteiger partial charge in [-0.15, -0.1) is 0 Å². The van der Waals surface area contributed by atoms with Crippen LogP contribution in [0.3, 0.4) is 0 Å². The number of halogens is 1. The molecule has 1 aliphatic carbocycles. The van der Waals surface area contributed by atoms with E-state index in [-0.39, 0.29) is 29.2 Å². The van der Waals surface area contributed by atoms with Crippen molar-refractivity contribution in [3.63, 3.8) is 0 Å². The van der Waals surface area contributed by atoms with Crippen LogP contribution < -0.4 is 9.04 Å². The van der Waals surface area contributed by atoms with E-state index in [1.54, 1.807) is 30.3 Å². The molecule has 0 N–H and O–H groups in total. The molecule has 1 aliphatic heterocycles. The molecule has 0 aromatic heterocycles. The van der Waals surface area contributed by atoms with Crippen molar-refractivity contribution in [1.29, 1.82) is 0 Å². The van der Waals surface area contributed by atoms with Gasteiger partial charge in [0.1, 0.15) is 17.5 Å². The van der Waals surface area contributed by atoms with E-state index in [9.17, 15) is 13.2 Å². The molecule has 0 amide bonds. The first kappa shape index (κ1) is 22.1. The molecule has 8 heteroatoms. The Kier molecular flexibility index (Phi) is 5.58. The maximum atomic E-state index is 13.6. The summed E-state index contributed by atoms with van der Waals surface area (Å²) >= 11 is 3.43. The maximum Gasteiger partial charge on any atom is 0.309 e. The molecule has 0 saturated heterocycles. The lowest BCUT2D eigenvalue weighted by Gasteiger charge is -2.36. The Hall–Kier alpha value is -2.06. The van der Waals surface area contributed by atoms with E-state index in [0.29, 0.717) is 17.9 Å². The summed E-state index contributed by atoms with van der Waals surface area (Å²) in [7, 11) is -3.80. The van der Waals surface area contributed by atoms with Crippen LogP contribution in [0.1, 0.15) is 32.8 Å². The number of fused-ring (bicyclic) bond motifs is 1. The number of rotatable bonds is 4. The van der Waals surface area contributed by atoms with Crippen LogP contribution in [0.25, 0.3) is 0 Å². The van der Waals surface area contributed by atoms with Crippen LogP contribution in [0, 0.1) is 18.8 Å². The van der Waals surface area contributed by atoms with E-state index in [1.165, 1.54) is 4.31 Å². The lowest BCUT2D eigenvalue weighted by Crippen LogP contribution is -2.45. The highest BCUT2D eigenvalue weighted by Crippen LogP contribution is 2.48. The summed E-state index contributed by atoms with van der Waals surface area (Å²) in [6, 6.07) is 12.2. The fraction of sp³-hybridized carbons (Fsp3) is 0.435. The zero-order valence-electron chi connectivity index (χ0n) is 18.0. The second-order valence-corrected chi connectivity index (χ2v) is 11.9. The van der Waals surface area contributed by atoms with Gasteiger partial charge in [-0.3, -0.25) is 9.10 Å². The topological polar surface area (TPSA) is 72.9 Å². The first-order valence-electron chi connectivity index (χ1n) is 10.2. The van der Waals surface area contributed by atoms with Gasteiger partial charge < -0.3 is 9.47 Å². The van der Waals surface area contributed by atoms with Crippen LogP contribution in [0.15, 0.2) is 51.8 Å². The second-order valence-electron chi connectivity index (χ2n) is 9.16. The van der Waals surface area contributed by atoms with Gasteiger partial charge in [-0.25, -0.2) is 8.42 Å². The SMILES string of the molecule is Cc1cccc(S(=O)(=O)N2C[C@H]([C@H]3C[C@@H]3C(=O)OC(C)(C)C)Oc3ccc(Br)cc32)c1. The minimum absolute atomic E-state index is 0.0816. The lowest BCUT2D eigenvalue weighted by atomic mass is 10.1. The highest BCUT2D eigenvalue weighted by atomic mass is 79.9. The number of hydrogen-bond acceptors (Lipinski definition) is 5. The first-order valence-corrected chi connectivity index (χ1v) is 12.5. The van der Waals surface area contributed by atoms with Gasteiger partial charge in [0, 0.05) is 10.4 Å². The fourth-order valence-corrected chi connectivity index (χ4v) is 5.81. The summed E-state index contributed by atoms with van der Waals surface area (Å²) in [6.45, 7) is 7.52. The molecule has 0 spiro atoms. The number of carbonyl (C=O) groups is 1. The van der Waals surface area contributed by atoms with Crippen LogP contribution in [-0.4, -0.2) is 32.6 Å². The van der Waals surface area contributed by atoms with Crippen LogP contribution >= 0.6 is 15.9 Å². The molecule has 0 radical (unpaired) electrons. The quantitative estimate of drug-likeness (QED) is 0.561. The van der Waals surface area contributed by atoms with Crippen molar-refractivity contribution >= 4 is 37.6 Å². The van der Waals surface area contributed by atoms with Crippen LogP contribution in [0.2, 0.25) is 0 Å². The minimum atomic E-state index is -3.80. The first-order chi connectivity index (χ1) is 14.5. The lowest BCUT2D eigenvalue weighted by molar-refractivity contribution is -0.157. The number of sulfonamides is 1. The Bertz CT molecular complexity index is 1130. The van der Waals surface area contributed by atoms with E-state index in [2.05, 4.69) is 15.9 Å². The standard InChI is InChI=1S/C23H26BrNO5S/c1-14-6-5-7-16(10-14)31(27,28)25-13-21(29-20-9-8-15(24)11-19(20)25)17-12-18(17)22(26)30-23(2,3)4/h5-11,17-18,21H,12-13H2,1-4H3/t17-,18-,21+/m0/s1. The summed E-state index contributed by atoms with van der Waals surface area (Å²) in [4.78, 5) is 12.7. The molecular formula is C23H26BrNO5S. The van der Waals surface area contributed by atoms with Crippen molar-refractivity contribution < 1.29 is 22.7 Å². The van der Waals surface area contributed by atoms with Crippen LogP contribution in [-0.2, 0) is 19.6 Å². The predicted octanol–water partition coefficient (Wildman–Crippen LogP) is 4.69. The third kappa shape index (κ3) is 4.60. The number of carbonyl (C=O) groups excluding carboxylic acids is 1. The molecule has 31 heavy (non-hydrogen) atoms. The van der Waals surface area contributed by atoms with Gasteiger partial charge >= 0.3 is 5.97 Å². The largest absolute Gasteiger partial charge is 0.486 e. The third-order valence-corrected chi connectivity index (χ3v) is 7.69. The van der Waals surface area contributed by atoms with Crippen molar-refractivity contribution in [2.45, 2.75) is 50.7 Å². The molecule has 2 aliphatic rings. The zero-order valence-corrected chi connectivity index (χ0v) is 20.4. The van der Waals surface area contributed by atoms with Crippen molar-refractivity contribution in [1.82, 2.24) is 0 Å². The molecule has 3 atom stereocenters. The van der Waals surface area contributed by atoms with Gasteiger partial charge in [-0.1, -0.05) is 28.1 Å². The molecule has 6 nitrogen and oxygen atoms in total. The summed E-state index contributed by atoms with van der Waals surface area (Å²) in [6.07, 6.45) is 0.204. The number of benzene rings is 2. The highest BCUT2D eigenvalue weighted by molar-refractivity contribution is 9.10. The third-order valence-electron chi connectivity index (χ3n) is 5.42. The van der Waals surface area contributed by atoms with Gasteiger partial charge in [-0.2, -0.15) is 0 Å². The van der Waals surface area contributed by atoms with E-state index in [4.69, 9.17) is 9.47 Å². The Balaban J connectivity index is 1.65. The Morgan fingerprint density at radius 1 is 1.19 bits per heavy atom. The molecule has 2 aromatic carbocycles. The van der Waals surface area contributed by atoms with Gasteiger partial charge in [0.05, 0.1) is 23.0 Å². The predicted molar refractivity (Wildman–Crippen MR) is 122 cm³/mol. The maximum absolute atomic E-state index is 13.6. The van der Waals surface area contributed by atoms with Crippen molar-refractivity contribution in [2.24, 2.45) is 11.8 Å². The van der Waals surface area contributed by atoms with Crippen LogP contribution in [0.4, 0.5) is 5.69 Å². The zero-order chi connectivity index (χ0) is 22.6. The van der Waals surface area contributed by atoms with Gasteiger partial charge in [-0.05, 0) is 70.0 Å². The average molecular weight is 508 g/mol. The number of nitrogens with zero attached hydrogens (tertiary/aromatic N) is 1. The average Bonchev–Trinajstić information content (AvgIpc) is 3.47. The Morgan fingerprint density at radius 2 is 1.94 bits per heavy atom. The molecule has 0 bridgehead atoms. The van der Waals surface area contributed by atoms with Crippen molar-refractivity contribution in [3.05, 3.63) is 52.5 Å². The molecule has 1 heterocycles. The number of aryl methyl sites for hydroxylation is 1. The van der Waals surface area contributed by atoms with E-state index in [0.717, 1.165) is 10.0 Å². The van der Waals surface area contributed by atoms with Crippen molar-refractivity contribution in [2.75, 3.05) is 10.8 Å². The highest BCUT2D eigenvalue weighted by Gasteiger charge is 2.53. The summed E-state index contributed by atoms with van der Waals surface area (Å²) in [5, 5.41) is 0. The Morgan fingerprint density at radius 3 is 2.61 bits per heavy atom. The molecular weight excluding hydrogens is 482 g/mol. The molecule has 166 valence electrons. The Labute approximate surface area is 191 Å². The van der Waals surface area contributed by atoms with E-state index in [1.807, 2.05) is 39.8 Å². The van der Waals surface area contributed by atoms with Crippen LogP contribution in [0.5, 0.6) is 5.75 Å². The molecule has 1 saturated carbocycles. The second kappa shape index (κ2) is 7.81. The summed E-state index contributed by atoms with van der Waals surface area (Å²) in [5.74, 6) is -0.118. The van der Waals surface area contributed by atoms with Gasteiger partial charge in [0.15, 0.2) is 0 Å². The van der Waals surface area contributed by atoms with E-state index >= 15 is 0 Å². The van der Waals surface area contributed by atoms with Gasteiger partial charge in [0.25, 0.3) is 10.0 Å². The normalized spacial score (nSPS) is 23.0. The number of anilines is 1. The van der Waals surface area contributed by atoms with E-state index < -0.39 is 21.7 Å². The monoisotopic (exact) mass is 507 g/mol. The molecule has 1 fully saturated rings. The van der Waals surface area contributed by atoms with Crippen molar-refractivity contribution in [3.8, 4) is 5.75 Å². The fourth-order valence-electron chi connectivity index (χ4n) is 3.87. The number of esters is 1.